The molecule has 148 valence electrons. The number of nitrogens with zero attached hydrogens (tertiary/aromatic N) is 2. The van der Waals surface area contributed by atoms with E-state index in [-0.39, 0.29) is 17.7 Å². The Morgan fingerprint density at radius 1 is 0.967 bits per heavy atom. The van der Waals surface area contributed by atoms with Crippen LogP contribution in [-0.4, -0.2) is 26.1 Å². The quantitative estimate of drug-likeness (QED) is 0.482. The number of fused-ring (bicyclic) bond motifs is 1. The maximum absolute atomic E-state index is 13.3. The van der Waals surface area contributed by atoms with E-state index in [9.17, 15) is 9.90 Å². The van der Waals surface area contributed by atoms with Crippen molar-refractivity contribution in [1.82, 2.24) is 15.1 Å². The van der Waals surface area contributed by atoms with Crippen LogP contribution in [0.25, 0.3) is 11.3 Å². The third-order valence-corrected chi connectivity index (χ3v) is 5.66. The number of aromatic amines is 1. The van der Waals surface area contributed by atoms with Gasteiger partial charge in [-0.2, -0.15) is 5.10 Å². The molecule has 0 fully saturated rings. The van der Waals surface area contributed by atoms with Crippen molar-refractivity contribution in [3.63, 3.8) is 0 Å². The van der Waals surface area contributed by atoms with E-state index in [1.165, 1.54) is 0 Å². The Labute approximate surface area is 178 Å². The lowest BCUT2D eigenvalue weighted by molar-refractivity contribution is 0.0730. The Bertz CT molecular complexity index is 1220. The van der Waals surface area contributed by atoms with E-state index in [2.05, 4.69) is 10.2 Å². The number of hydrogen-bond acceptors (Lipinski definition) is 3. The van der Waals surface area contributed by atoms with Crippen molar-refractivity contribution in [2.24, 2.45) is 0 Å². The minimum absolute atomic E-state index is 0.121. The maximum atomic E-state index is 13.3. The molecule has 0 bridgehead atoms. The van der Waals surface area contributed by atoms with E-state index in [0.29, 0.717) is 28.5 Å². The molecular weight excluding hydrogens is 398 g/mol. The second kappa shape index (κ2) is 7.35. The Balaban J connectivity index is 1.67. The van der Waals surface area contributed by atoms with E-state index < -0.39 is 0 Å². The molecule has 0 radical (unpaired) electrons. The van der Waals surface area contributed by atoms with Crippen LogP contribution in [0.4, 0.5) is 0 Å². The largest absolute Gasteiger partial charge is 0.507 e. The number of aromatic hydroxyl groups is 1. The molecule has 2 N–H and O–H groups in total. The van der Waals surface area contributed by atoms with Gasteiger partial charge in [-0.15, -0.1) is 0 Å². The topological polar surface area (TPSA) is 69.2 Å². The average Bonchev–Trinajstić information content (AvgIpc) is 3.30. The molecule has 0 aliphatic carbocycles. The Morgan fingerprint density at radius 2 is 1.67 bits per heavy atom. The minimum atomic E-state index is -0.349. The standard InChI is InChI=1S/C24H18ClN3O2/c25-17-12-10-16(11-13-17)23-20-21(18-8-4-5-9-19(18)29)26-27-22(20)24(30)28(23)14-15-6-2-1-3-7-15/h1-13,23,29H,14H2,(H,26,27)/t23-/m0/s1. The SMILES string of the molecule is O=C1c2[nH]nc(-c3ccccc3O)c2[C@H](c2ccc(Cl)cc2)N1Cc1ccccc1. The van der Waals surface area contributed by atoms with Crippen LogP contribution in [0.5, 0.6) is 5.75 Å². The normalized spacial score (nSPS) is 15.4. The number of nitrogens with one attached hydrogen (secondary N) is 1. The summed E-state index contributed by atoms with van der Waals surface area (Å²) in [6.07, 6.45) is 0. The first kappa shape index (κ1) is 18.5. The fraction of sp³-hybridized carbons (Fsp3) is 0.0833. The van der Waals surface area contributed by atoms with Crippen molar-refractivity contribution in [1.29, 1.82) is 0 Å². The zero-order valence-electron chi connectivity index (χ0n) is 15.9. The third-order valence-electron chi connectivity index (χ3n) is 5.40. The summed E-state index contributed by atoms with van der Waals surface area (Å²) in [5.74, 6) is -0.00131. The fourth-order valence-electron chi connectivity index (χ4n) is 4.01. The highest BCUT2D eigenvalue weighted by Gasteiger charge is 2.42. The van der Waals surface area contributed by atoms with Crippen LogP contribution in [-0.2, 0) is 6.54 Å². The van der Waals surface area contributed by atoms with Gasteiger partial charge in [0.2, 0.25) is 0 Å². The van der Waals surface area contributed by atoms with Gasteiger partial charge in [-0.3, -0.25) is 9.89 Å². The second-order valence-corrected chi connectivity index (χ2v) is 7.69. The van der Waals surface area contributed by atoms with E-state index in [1.54, 1.807) is 18.2 Å². The first-order chi connectivity index (χ1) is 14.6. The number of amides is 1. The van der Waals surface area contributed by atoms with Crippen molar-refractivity contribution in [2.75, 3.05) is 0 Å². The molecule has 0 spiro atoms. The first-order valence-electron chi connectivity index (χ1n) is 9.60. The number of rotatable bonds is 4. The highest BCUT2D eigenvalue weighted by Crippen LogP contribution is 2.45. The van der Waals surface area contributed by atoms with Crippen molar-refractivity contribution in [2.45, 2.75) is 12.6 Å². The van der Waals surface area contributed by atoms with Crippen molar-refractivity contribution < 1.29 is 9.90 Å². The van der Waals surface area contributed by atoms with E-state index in [1.807, 2.05) is 65.6 Å². The first-order valence-corrected chi connectivity index (χ1v) is 9.98. The molecule has 1 aliphatic rings. The van der Waals surface area contributed by atoms with Gasteiger partial charge in [-0.25, -0.2) is 0 Å². The number of aromatic nitrogens is 2. The number of benzene rings is 3. The number of carbonyl (C=O) groups is 1. The Morgan fingerprint density at radius 3 is 2.40 bits per heavy atom. The smallest absolute Gasteiger partial charge is 0.273 e. The average molecular weight is 416 g/mol. The molecule has 4 aromatic rings. The van der Waals surface area contributed by atoms with Gasteiger partial charge in [0.25, 0.3) is 5.91 Å². The zero-order valence-corrected chi connectivity index (χ0v) is 16.7. The molecule has 1 aromatic heterocycles. The third kappa shape index (κ3) is 3.04. The van der Waals surface area contributed by atoms with Gasteiger partial charge >= 0.3 is 0 Å². The zero-order chi connectivity index (χ0) is 20.7. The molecule has 1 atom stereocenters. The number of H-pyrrole nitrogens is 1. The summed E-state index contributed by atoms with van der Waals surface area (Å²) in [4.78, 5) is 15.2. The summed E-state index contributed by atoms with van der Waals surface area (Å²) in [6.45, 7) is 0.454. The molecule has 3 aromatic carbocycles. The molecule has 1 aliphatic heterocycles. The van der Waals surface area contributed by atoms with E-state index in [4.69, 9.17) is 11.6 Å². The molecule has 6 heteroatoms. The number of phenols is 1. The lowest BCUT2D eigenvalue weighted by Crippen LogP contribution is -2.29. The van der Waals surface area contributed by atoms with Crippen LogP contribution in [0.1, 0.15) is 33.2 Å². The number of para-hydroxylation sites is 1. The summed E-state index contributed by atoms with van der Waals surface area (Å²) < 4.78 is 0. The van der Waals surface area contributed by atoms with Gasteiger partial charge in [-0.1, -0.05) is 66.2 Å². The van der Waals surface area contributed by atoms with Crippen LogP contribution in [0.2, 0.25) is 5.02 Å². The van der Waals surface area contributed by atoms with Gasteiger partial charge in [0.15, 0.2) is 0 Å². The molecule has 5 nitrogen and oxygen atoms in total. The summed E-state index contributed by atoms with van der Waals surface area (Å²) in [6, 6.07) is 24.0. The van der Waals surface area contributed by atoms with Gasteiger partial charge in [-0.05, 0) is 35.4 Å². The summed E-state index contributed by atoms with van der Waals surface area (Å²) in [5.41, 5.74) is 4.34. The predicted molar refractivity (Wildman–Crippen MR) is 115 cm³/mol. The molecule has 5 rings (SSSR count). The number of halogens is 1. The summed E-state index contributed by atoms with van der Waals surface area (Å²) in [5, 5.41) is 18.3. The van der Waals surface area contributed by atoms with Crippen LogP contribution in [0.3, 0.4) is 0 Å². The molecule has 1 amide bonds. The molecular formula is C24H18ClN3O2. The van der Waals surface area contributed by atoms with Gasteiger partial charge < -0.3 is 10.0 Å². The maximum Gasteiger partial charge on any atom is 0.273 e. The highest BCUT2D eigenvalue weighted by atomic mass is 35.5. The Kier molecular flexibility index (Phi) is 4.52. The summed E-state index contributed by atoms with van der Waals surface area (Å²) >= 11 is 6.11. The fourth-order valence-corrected chi connectivity index (χ4v) is 4.14. The number of phenolic OH excluding ortho intramolecular Hbond substituents is 1. The van der Waals surface area contributed by atoms with Crippen LogP contribution < -0.4 is 0 Å². The number of hydrogen-bond donors (Lipinski definition) is 2. The van der Waals surface area contributed by atoms with Gasteiger partial charge in [0.1, 0.15) is 17.1 Å². The van der Waals surface area contributed by atoms with Gasteiger partial charge in [0, 0.05) is 22.7 Å². The highest BCUT2D eigenvalue weighted by molar-refractivity contribution is 6.30. The van der Waals surface area contributed by atoms with Crippen LogP contribution in [0.15, 0.2) is 78.9 Å². The molecule has 0 saturated carbocycles. The molecule has 30 heavy (non-hydrogen) atoms. The predicted octanol–water partition coefficient (Wildman–Crippen LogP) is 5.18. The molecule has 0 saturated heterocycles. The van der Waals surface area contributed by atoms with Crippen molar-refractivity contribution in [3.05, 3.63) is 106 Å². The lowest BCUT2D eigenvalue weighted by atomic mass is 9.95. The molecule has 2 heterocycles. The van der Waals surface area contributed by atoms with E-state index >= 15 is 0 Å². The Hall–Kier alpha value is -3.57. The lowest BCUT2D eigenvalue weighted by Gasteiger charge is -2.26. The second-order valence-electron chi connectivity index (χ2n) is 7.25. The van der Waals surface area contributed by atoms with Crippen LogP contribution in [0, 0.1) is 0 Å². The van der Waals surface area contributed by atoms with Crippen molar-refractivity contribution in [3.8, 4) is 17.0 Å². The van der Waals surface area contributed by atoms with E-state index in [0.717, 1.165) is 16.7 Å². The molecule has 0 unspecified atom stereocenters. The monoisotopic (exact) mass is 415 g/mol. The number of carbonyl (C=O) groups excluding carboxylic acids is 1. The van der Waals surface area contributed by atoms with Crippen molar-refractivity contribution >= 4 is 17.5 Å². The minimum Gasteiger partial charge on any atom is -0.507 e. The van der Waals surface area contributed by atoms with Gasteiger partial charge in [0.05, 0.1) is 6.04 Å². The summed E-state index contributed by atoms with van der Waals surface area (Å²) in [7, 11) is 0. The van der Waals surface area contributed by atoms with Crippen LogP contribution >= 0.6 is 11.6 Å².